The number of quaternary nitrogens is 1. The van der Waals surface area contributed by atoms with Crippen LogP contribution in [0.25, 0.3) is 6.08 Å². The molecule has 0 saturated carbocycles. The molecule has 0 saturated heterocycles. The van der Waals surface area contributed by atoms with Crippen molar-refractivity contribution in [2.75, 3.05) is 20.6 Å². The molecule has 0 bridgehead atoms. The van der Waals surface area contributed by atoms with Gasteiger partial charge in [0.1, 0.15) is 6.54 Å². The molecule has 0 aliphatic rings. The fourth-order valence-electron chi connectivity index (χ4n) is 1.92. The van der Waals surface area contributed by atoms with Crippen LogP contribution in [0.2, 0.25) is 0 Å². The summed E-state index contributed by atoms with van der Waals surface area (Å²) in [6, 6.07) is 8.70. The Balaban J connectivity index is 0.000000585. The molecule has 0 aliphatic carbocycles. The monoisotopic (exact) mass is 363 g/mol. The van der Waals surface area contributed by atoms with Crippen LogP contribution in [0.5, 0.6) is 0 Å². The quantitative estimate of drug-likeness (QED) is 0.288. The van der Waals surface area contributed by atoms with E-state index in [0.717, 1.165) is 11.0 Å². The van der Waals surface area contributed by atoms with E-state index in [1.807, 2.05) is 6.08 Å². The van der Waals surface area contributed by atoms with Gasteiger partial charge in [0.25, 0.3) is 0 Å². The molecule has 8 heteroatoms. The molecule has 0 amide bonds. The number of hydrogen-bond donors (Lipinski definition) is 0. The first-order valence-electron chi connectivity index (χ1n) is 7.12. The molecule has 0 N–H and O–H groups in total. The standard InChI is InChI=1S/C15H24N.F6P/c1-5-7-12-16(3,4)13-15-10-8-14(6-2)9-11-15;1-7(2,3,4,5)6/h6,8-11H,2,5,7,12-13H2,1,3-4H3;/q+1;-1. The van der Waals surface area contributed by atoms with Gasteiger partial charge >= 0.3 is 33.0 Å². The van der Waals surface area contributed by atoms with Gasteiger partial charge < -0.3 is 4.48 Å². The Morgan fingerprint density at radius 2 is 1.43 bits per heavy atom. The van der Waals surface area contributed by atoms with Crippen LogP contribution in [0.1, 0.15) is 30.9 Å². The van der Waals surface area contributed by atoms with E-state index in [0.29, 0.717) is 0 Å². The summed E-state index contributed by atoms with van der Waals surface area (Å²) in [4.78, 5) is 0. The Labute approximate surface area is 133 Å². The SMILES string of the molecule is C=Cc1ccc(C[N+](C)(C)CCCC)cc1.F[P-](F)(F)(F)(F)F. The van der Waals surface area contributed by atoms with E-state index in [9.17, 15) is 25.2 Å². The van der Waals surface area contributed by atoms with E-state index in [4.69, 9.17) is 0 Å². The van der Waals surface area contributed by atoms with Crippen molar-refractivity contribution in [3.8, 4) is 0 Å². The summed E-state index contributed by atoms with van der Waals surface area (Å²) in [6.45, 7) is 8.38. The van der Waals surface area contributed by atoms with Crippen LogP contribution < -0.4 is 0 Å². The Morgan fingerprint density at radius 3 is 1.78 bits per heavy atom. The summed E-state index contributed by atoms with van der Waals surface area (Å²) in [5.74, 6) is 0. The molecule has 1 nitrogen and oxygen atoms in total. The van der Waals surface area contributed by atoms with Crippen molar-refractivity contribution in [1.82, 2.24) is 0 Å². The second-order valence-electron chi connectivity index (χ2n) is 6.08. The third kappa shape index (κ3) is 17.1. The first-order chi connectivity index (χ1) is 10.0. The Hall–Kier alpha value is -1.07. The van der Waals surface area contributed by atoms with Crippen LogP contribution in [0.3, 0.4) is 0 Å². The topological polar surface area (TPSA) is 0 Å². The van der Waals surface area contributed by atoms with Crippen molar-refractivity contribution < 1.29 is 29.7 Å². The van der Waals surface area contributed by atoms with Gasteiger partial charge in [0.05, 0.1) is 20.6 Å². The van der Waals surface area contributed by atoms with E-state index < -0.39 is 7.81 Å². The number of benzene rings is 1. The molecule has 0 unspecified atom stereocenters. The van der Waals surface area contributed by atoms with E-state index in [1.165, 1.54) is 30.5 Å². The van der Waals surface area contributed by atoms with Crippen molar-refractivity contribution in [2.45, 2.75) is 26.3 Å². The van der Waals surface area contributed by atoms with Crippen LogP contribution in [0.4, 0.5) is 25.2 Å². The third-order valence-corrected chi connectivity index (χ3v) is 2.94. The molecule has 1 aromatic rings. The van der Waals surface area contributed by atoms with E-state index in [-0.39, 0.29) is 0 Å². The van der Waals surface area contributed by atoms with Gasteiger partial charge in [-0.05, 0) is 12.0 Å². The number of rotatable bonds is 6. The second kappa shape index (κ2) is 6.81. The van der Waals surface area contributed by atoms with Gasteiger partial charge in [-0.2, -0.15) is 0 Å². The number of hydrogen-bond acceptors (Lipinski definition) is 0. The molecule has 0 fully saturated rings. The molecule has 0 spiro atoms. The van der Waals surface area contributed by atoms with Crippen LogP contribution in [-0.2, 0) is 6.54 Å². The zero-order valence-corrected chi connectivity index (χ0v) is 14.5. The van der Waals surface area contributed by atoms with Gasteiger partial charge in [0.2, 0.25) is 0 Å². The predicted octanol–water partition coefficient (Wildman–Crippen LogP) is 7.09. The maximum atomic E-state index is 9.87. The summed E-state index contributed by atoms with van der Waals surface area (Å²) in [7, 11) is -6.05. The summed E-state index contributed by atoms with van der Waals surface area (Å²) in [5.41, 5.74) is 2.61. The minimum atomic E-state index is -10.7. The zero-order valence-electron chi connectivity index (χ0n) is 13.6. The average molecular weight is 363 g/mol. The van der Waals surface area contributed by atoms with Gasteiger partial charge in [0, 0.05) is 5.56 Å². The van der Waals surface area contributed by atoms with Gasteiger partial charge in [-0.1, -0.05) is 50.3 Å². The Kier molecular flexibility index (Phi) is 6.50. The summed E-state index contributed by atoms with van der Waals surface area (Å²) in [5, 5.41) is 0. The van der Waals surface area contributed by atoms with Crippen LogP contribution in [0.15, 0.2) is 30.8 Å². The van der Waals surface area contributed by atoms with E-state index in [2.05, 4.69) is 51.9 Å². The normalized spacial score (nSPS) is 15.0. The van der Waals surface area contributed by atoms with Gasteiger partial charge in [0.15, 0.2) is 0 Å². The summed E-state index contributed by atoms with van der Waals surface area (Å²) >= 11 is 0. The molecule has 1 rings (SSSR count). The molecule has 0 aliphatic heterocycles. The van der Waals surface area contributed by atoms with Crippen molar-refractivity contribution in [3.63, 3.8) is 0 Å². The summed E-state index contributed by atoms with van der Waals surface area (Å²) < 4.78 is 60.3. The Morgan fingerprint density at radius 1 is 1.00 bits per heavy atom. The van der Waals surface area contributed by atoms with Crippen molar-refractivity contribution >= 4 is 13.9 Å². The fraction of sp³-hybridized carbons (Fsp3) is 0.467. The zero-order chi connectivity index (χ0) is 18.4. The molecule has 136 valence electrons. The molecule has 0 aromatic heterocycles. The van der Waals surface area contributed by atoms with Gasteiger partial charge in [-0.25, -0.2) is 0 Å². The fourth-order valence-corrected chi connectivity index (χ4v) is 1.92. The van der Waals surface area contributed by atoms with Crippen molar-refractivity contribution in [3.05, 3.63) is 42.0 Å². The second-order valence-corrected chi connectivity index (χ2v) is 7.99. The van der Waals surface area contributed by atoms with Crippen LogP contribution in [0, 0.1) is 0 Å². The Bertz CT molecular complexity index is 493. The van der Waals surface area contributed by atoms with Crippen LogP contribution >= 0.6 is 7.81 Å². The molecular formula is C15H24F6NP. The molecule has 1 aromatic carbocycles. The van der Waals surface area contributed by atoms with Crippen molar-refractivity contribution in [1.29, 1.82) is 0 Å². The number of halogens is 6. The molecular weight excluding hydrogens is 339 g/mol. The van der Waals surface area contributed by atoms with Gasteiger partial charge in [-0.3, -0.25) is 0 Å². The summed E-state index contributed by atoms with van der Waals surface area (Å²) in [6.07, 6.45) is 4.47. The van der Waals surface area contributed by atoms with Crippen molar-refractivity contribution in [2.24, 2.45) is 0 Å². The first kappa shape index (κ1) is 21.9. The number of nitrogens with zero attached hydrogens (tertiary/aromatic N) is 1. The maximum absolute atomic E-state index is 10.7. The predicted molar refractivity (Wildman–Crippen MR) is 85.7 cm³/mol. The van der Waals surface area contributed by atoms with E-state index in [1.54, 1.807) is 0 Å². The number of unbranched alkanes of at least 4 members (excludes halogenated alkanes) is 1. The molecule has 0 atom stereocenters. The minimum absolute atomic E-state index is 1.07. The third-order valence-electron chi connectivity index (χ3n) is 2.94. The first-order valence-corrected chi connectivity index (χ1v) is 9.15. The van der Waals surface area contributed by atoms with E-state index >= 15 is 0 Å². The molecule has 0 heterocycles. The molecule has 23 heavy (non-hydrogen) atoms. The van der Waals surface area contributed by atoms with Gasteiger partial charge in [-0.15, -0.1) is 0 Å². The molecule has 0 radical (unpaired) electrons. The van der Waals surface area contributed by atoms with Crippen LogP contribution in [-0.4, -0.2) is 25.1 Å². The average Bonchev–Trinajstić information content (AvgIpc) is 2.33.